The van der Waals surface area contributed by atoms with E-state index in [-0.39, 0.29) is 6.10 Å². The van der Waals surface area contributed by atoms with Gasteiger partial charge in [0.1, 0.15) is 11.5 Å². The predicted molar refractivity (Wildman–Crippen MR) is 59.9 cm³/mol. The molecule has 0 saturated heterocycles. The van der Waals surface area contributed by atoms with Gasteiger partial charge < -0.3 is 9.15 Å². The Balaban J connectivity index is 2.27. The number of hydrogen-bond acceptors (Lipinski definition) is 2. The lowest BCUT2D eigenvalue weighted by molar-refractivity contribution is 0.242. The van der Waals surface area contributed by atoms with Crippen LogP contribution in [0.1, 0.15) is 13.8 Å². The molecule has 0 radical (unpaired) electrons. The molecule has 2 aromatic rings. The molecule has 1 aromatic carbocycles. The minimum atomic E-state index is 0.192. The van der Waals surface area contributed by atoms with Crippen LogP contribution < -0.4 is 4.74 Å². The lowest BCUT2D eigenvalue weighted by Gasteiger charge is -2.09. The van der Waals surface area contributed by atoms with Gasteiger partial charge in [-0.15, -0.1) is 0 Å². The molecule has 0 amide bonds. The highest BCUT2D eigenvalue weighted by molar-refractivity contribution is 5.59. The fourth-order valence-electron chi connectivity index (χ4n) is 1.44. The Morgan fingerprint density at radius 1 is 1.13 bits per heavy atom. The van der Waals surface area contributed by atoms with E-state index >= 15 is 0 Å². The van der Waals surface area contributed by atoms with E-state index in [9.17, 15) is 0 Å². The first kappa shape index (κ1) is 9.84. The van der Waals surface area contributed by atoms with Crippen LogP contribution in [0.15, 0.2) is 47.1 Å². The summed E-state index contributed by atoms with van der Waals surface area (Å²) in [5.41, 5.74) is 1.04. The maximum absolute atomic E-state index is 5.61. The molecule has 78 valence electrons. The van der Waals surface area contributed by atoms with Gasteiger partial charge in [-0.2, -0.15) is 0 Å². The van der Waals surface area contributed by atoms with Gasteiger partial charge in [0, 0.05) is 5.56 Å². The van der Waals surface area contributed by atoms with Gasteiger partial charge >= 0.3 is 0 Å². The molecule has 0 unspecified atom stereocenters. The van der Waals surface area contributed by atoms with E-state index in [2.05, 4.69) is 0 Å². The minimum absolute atomic E-state index is 0.192. The summed E-state index contributed by atoms with van der Waals surface area (Å²) in [6, 6.07) is 11.7. The van der Waals surface area contributed by atoms with Gasteiger partial charge in [-0.25, -0.2) is 0 Å². The van der Waals surface area contributed by atoms with Gasteiger partial charge in [0.05, 0.1) is 12.4 Å². The van der Waals surface area contributed by atoms with Crippen molar-refractivity contribution in [1.82, 2.24) is 0 Å². The van der Waals surface area contributed by atoms with Crippen molar-refractivity contribution in [3.05, 3.63) is 42.7 Å². The van der Waals surface area contributed by atoms with Crippen molar-refractivity contribution < 1.29 is 9.15 Å². The summed E-state index contributed by atoms with van der Waals surface area (Å²) in [5, 5.41) is 0. The zero-order valence-corrected chi connectivity index (χ0v) is 8.94. The van der Waals surface area contributed by atoms with E-state index in [0.717, 1.165) is 17.1 Å². The third-order valence-corrected chi connectivity index (χ3v) is 2.01. The van der Waals surface area contributed by atoms with E-state index in [4.69, 9.17) is 9.15 Å². The van der Waals surface area contributed by atoms with Crippen LogP contribution in [0.2, 0.25) is 0 Å². The fraction of sp³-hybridized carbons (Fsp3) is 0.231. The van der Waals surface area contributed by atoms with Gasteiger partial charge in [0.2, 0.25) is 0 Å². The number of ether oxygens (including phenoxy) is 1. The van der Waals surface area contributed by atoms with Crippen molar-refractivity contribution in [2.75, 3.05) is 0 Å². The molecule has 0 aliphatic heterocycles. The van der Waals surface area contributed by atoms with Crippen molar-refractivity contribution in [3.63, 3.8) is 0 Å². The number of rotatable bonds is 3. The standard InChI is InChI=1S/C13H14O2/c1-10(2)15-12-6-3-5-11(9-12)13-7-4-8-14-13/h3-10H,1-2H3. The SMILES string of the molecule is CC(C)Oc1cccc(-c2ccco2)c1. The summed E-state index contributed by atoms with van der Waals surface area (Å²) in [6.07, 6.45) is 1.86. The average molecular weight is 202 g/mol. The second-order valence-corrected chi connectivity index (χ2v) is 3.67. The molecule has 2 rings (SSSR count). The Bertz CT molecular complexity index is 416. The predicted octanol–water partition coefficient (Wildman–Crippen LogP) is 3.73. The summed E-state index contributed by atoms with van der Waals surface area (Å²) in [7, 11) is 0. The lowest BCUT2D eigenvalue weighted by Crippen LogP contribution is -2.05. The Labute approximate surface area is 89.5 Å². The minimum Gasteiger partial charge on any atom is -0.491 e. The van der Waals surface area contributed by atoms with Crippen molar-refractivity contribution in [1.29, 1.82) is 0 Å². The summed E-state index contributed by atoms with van der Waals surface area (Å²) in [6.45, 7) is 4.03. The molecular weight excluding hydrogens is 188 g/mol. The largest absolute Gasteiger partial charge is 0.491 e. The summed E-state index contributed by atoms with van der Waals surface area (Å²) >= 11 is 0. The molecule has 1 heterocycles. The smallest absolute Gasteiger partial charge is 0.133 e. The van der Waals surface area contributed by atoms with E-state index in [0.29, 0.717) is 0 Å². The molecule has 0 N–H and O–H groups in total. The van der Waals surface area contributed by atoms with Gasteiger partial charge in [0.25, 0.3) is 0 Å². The van der Waals surface area contributed by atoms with Crippen LogP contribution in [-0.2, 0) is 0 Å². The van der Waals surface area contributed by atoms with Crippen LogP contribution in [0.5, 0.6) is 5.75 Å². The summed E-state index contributed by atoms with van der Waals surface area (Å²) in [4.78, 5) is 0. The van der Waals surface area contributed by atoms with Crippen molar-refractivity contribution >= 4 is 0 Å². The van der Waals surface area contributed by atoms with Crippen LogP contribution in [0.3, 0.4) is 0 Å². The summed E-state index contributed by atoms with van der Waals surface area (Å²) in [5.74, 6) is 1.74. The van der Waals surface area contributed by atoms with Crippen LogP contribution in [-0.4, -0.2) is 6.10 Å². The monoisotopic (exact) mass is 202 g/mol. The van der Waals surface area contributed by atoms with E-state index in [1.54, 1.807) is 6.26 Å². The second-order valence-electron chi connectivity index (χ2n) is 3.67. The zero-order valence-electron chi connectivity index (χ0n) is 8.94. The van der Waals surface area contributed by atoms with E-state index in [1.807, 2.05) is 50.2 Å². The maximum atomic E-state index is 5.61. The van der Waals surface area contributed by atoms with Crippen LogP contribution in [0.4, 0.5) is 0 Å². The second kappa shape index (κ2) is 4.22. The first-order chi connectivity index (χ1) is 7.25. The third kappa shape index (κ3) is 2.40. The Morgan fingerprint density at radius 2 is 2.00 bits per heavy atom. The van der Waals surface area contributed by atoms with Gasteiger partial charge in [-0.05, 0) is 38.1 Å². The van der Waals surface area contributed by atoms with Crippen molar-refractivity contribution in [3.8, 4) is 17.1 Å². The summed E-state index contributed by atoms with van der Waals surface area (Å²) < 4.78 is 10.9. The highest BCUT2D eigenvalue weighted by Crippen LogP contribution is 2.24. The van der Waals surface area contributed by atoms with Crippen LogP contribution in [0.25, 0.3) is 11.3 Å². The van der Waals surface area contributed by atoms with Crippen LogP contribution >= 0.6 is 0 Å². The molecule has 1 aromatic heterocycles. The molecule has 2 nitrogen and oxygen atoms in total. The molecule has 0 fully saturated rings. The number of hydrogen-bond donors (Lipinski definition) is 0. The quantitative estimate of drug-likeness (QED) is 0.756. The molecular formula is C13H14O2. The third-order valence-electron chi connectivity index (χ3n) is 2.01. The molecule has 0 atom stereocenters. The lowest BCUT2D eigenvalue weighted by atomic mass is 10.1. The Kier molecular flexibility index (Phi) is 2.77. The molecule has 0 saturated carbocycles. The molecule has 0 aliphatic carbocycles. The average Bonchev–Trinajstić information content (AvgIpc) is 2.69. The van der Waals surface area contributed by atoms with Crippen molar-refractivity contribution in [2.45, 2.75) is 20.0 Å². The Morgan fingerprint density at radius 3 is 2.67 bits per heavy atom. The molecule has 15 heavy (non-hydrogen) atoms. The van der Waals surface area contributed by atoms with E-state index in [1.165, 1.54) is 0 Å². The molecule has 0 spiro atoms. The number of benzene rings is 1. The van der Waals surface area contributed by atoms with Crippen molar-refractivity contribution in [2.24, 2.45) is 0 Å². The van der Waals surface area contributed by atoms with Gasteiger partial charge in [-0.3, -0.25) is 0 Å². The molecule has 0 bridgehead atoms. The zero-order chi connectivity index (χ0) is 10.7. The number of furan rings is 1. The van der Waals surface area contributed by atoms with Gasteiger partial charge in [0.15, 0.2) is 0 Å². The first-order valence-electron chi connectivity index (χ1n) is 5.06. The normalized spacial score (nSPS) is 10.6. The molecule has 0 aliphatic rings. The maximum Gasteiger partial charge on any atom is 0.133 e. The highest BCUT2D eigenvalue weighted by Gasteiger charge is 2.03. The highest BCUT2D eigenvalue weighted by atomic mass is 16.5. The topological polar surface area (TPSA) is 22.4 Å². The Hall–Kier alpha value is -1.70. The fourth-order valence-corrected chi connectivity index (χ4v) is 1.44. The molecule has 2 heteroatoms. The van der Waals surface area contributed by atoms with Gasteiger partial charge in [-0.1, -0.05) is 12.1 Å². The first-order valence-corrected chi connectivity index (χ1v) is 5.06. The van der Waals surface area contributed by atoms with E-state index < -0.39 is 0 Å². The van der Waals surface area contributed by atoms with Crippen LogP contribution in [0, 0.1) is 0 Å².